The van der Waals surface area contributed by atoms with Crippen LogP contribution in [0.5, 0.6) is 11.5 Å². The number of nitrogens with one attached hydrogen (secondary N) is 1. The maximum atomic E-state index is 12.5. The highest BCUT2D eigenvalue weighted by molar-refractivity contribution is 6.31. The van der Waals surface area contributed by atoms with E-state index in [0.29, 0.717) is 10.7 Å². The first-order chi connectivity index (χ1) is 12.0. The molecule has 5 heteroatoms. The molecule has 0 fully saturated rings. The third-order valence-corrected chi connectivity index (χ3v) is 4.42. The van der Waals surface area contributed by atoms with Crippen molar-refractivity contribution in [3.63, 3.8) is 0 Å². The number of carbonyl (C=O) groups is 1. The SMILES string of the molecule is COc1ccc2cc([C@H](C)C(=O)Nc3cc(Cl)ccc3O)ccc2c1. The molecule has 0 aromatic heterocycles. The molecule has 0 aliphatic heterocycles. The van der Waals surface area contributed by atoms with Crippen LogP contribution < -0.4 is 10.1 Å². The van der Waals surface area contributed by atoms with Gasteiger partial charge in [0.15, 0.2) is 0 Å². The summed E-state index contributed by atoms with van der Waals surface area (Å²) < 4.78 is 5.23. The zero-order valence-electron chi connectivity index (χ0n) is 13.9. The molecule has 0 bridgehead atoms. The van der Waals surface area contributed by atoms with E-state index in [1.54, 1.807) is 13.2 Å². The van der Waals surface area contributed by atoms with E-state index in [9.17, 15) is 9.90 Å². The zero-order chi connectivity index (χ0) is 18.0. The fourth-order valence-corrected chi connectivity index (χ4v) is 2.81. The lowest BCUT2D eigenvalue weighted by molar-refractivity contribution is -0.117. The summed E-state index contributed by atoms with van der Waals surface area (Å²) in [5.41, 5.74) is 1.19. The molecule has 0 aliphatic carbocycles. The summed E-state index contributed by atoms with van der Waals surface area (Å²) in [6.07, 6.45) is 0. The number of methoxy groups -OCH3 is 1. The molecule has 1 atom stereocenters. The molecule has 25 heavy (non-hydrogen) atoms. The van der Waals surface area contributed by atoms with Gasteiger partial charge in [-0.3, -0.25) is 4.79 Å². The lowest BCUT2D eigenvalue weighted by atomic mass is 9.97. The Morgan fingerprint density at radius 1 is 1.08 bits per heavy atom. The Morgan fingerprint density at radius 3 is 2.56 bits per heavy atom. The number of anilines is 1. The van der Waals surface area contributed by atoms with Gasteiger partial charge in [-0.2, -0.15) is 0 Å². The van der Waals surface area contributed by atoms with Gasteiger partial charge in [0, 0.05) is 5.02 Å². The highest BCUT2D eigenvalue weighted by atomic mass is 35.5. The summed E-state index contributed by atoms with van der Waals surface area (Å²) in [6, 6.07) is 16.2. The van der Waals surface area contributed by atoms with Crippen LogP contribution in [0.1, 0.15) is 18.4 Å². The lowest BCUT2D eigenvalue weighted by Crippen LogP contribution is -2.18. The molecule has 0 unspecified atom stereocenters. The fourth-order valence-electron chi connectivity index (χ4n) is 2.64. The van der Waals surface area contributed by atoms with Crippen LogP contribution in [-0.2, 0) is 4.79 Å². The number of phenols is 1. The van der Waals surface area contributed by atoms with Gasteiger partial charge in [-0.25, -0.2) is 0 Å². The summed E-state index contributed by atoms with van der Waals surface area (Å²) in [7, 11) is 1.63. The van der Waals surface area contributed by atoms with Crippen molar-refractivity contribution in [1.82, 2.24) is 0 Å². The van der Waals surface area contributed by atoms with Crippen molar-refractivity contribution in [3.05, 3.63) is 65.2 Å². The van der Waals surface area contributed by atoms with Crippen LogP contribution >= 0.6 is 11.6 Å². The predicted octanol–water partition coefficient (Wildman–Crippen LogP) is 4.95. The maximum absolute atomic E-state index is 12.5. The van der Waals surface area contributed by atoms with Crippen LogP contribution in [0.3, 0.4) is 0 Å². The predicted molar refractivity (Wildman–Crippen MR) is 101 cm³/mol. The summed E-state index contributed by atoms with van der Waals surface area (Å²) >= 11 is 5.91. The molecule has 4 nitrogen and oxygen atoms in total. The molecule has 3 aromatic rings. The van der Waals surface area contributed by atoms with Gasteiger partial charge >= 0.3 is 0 Å². The number of carbonyl (C=O) groups excluding carboxylic acids is 1. The third-order valence-electron chi connectivity index (χ3n) is 4.18. The van der Waals surface area contributed by atoms with E-state index in [4.69, 9.17) is 16.3 Å². The zero-order valence-corrected chi connectivity index (χ0v) is 14.7. The molecule has 3 aromatic carbocycles. The minimum absolute atomic E-state index is 0.0180. The van der Waals surface area contributed by atoms with Gasteiger partial charge < -0.3 is 15.2 Å². The second-order valence-electron chi connectivity index (χ2n) is 5.84. The number of fused-ring (bicyclic) bond motifs is 1. The number of hydrogen-bond donors (Lipinski definition) is 2. The highest BCUT2D eigenvalue weighted by Crippen LogP contribution is 2.29. The molecule has 0 saturated heterocycles. The molecule has 0 heterocycles. The first kappa shape index (κ1) is 17.1. The van der Waals surface area contributed by atoms with E-state index in [2.05, 4.69) is 5.32 Å². The molecule has 128 valence electrons. The van der Waals surface area contributed by atoms with E-state index < -0.39 is 0 Å². The number of phenolic OH excluding ortho intramolecular Hbond substituents is 1. The molecule has 2 N–H and O–H groups in total. The van der Waals surface area contributed by atoms with E-state index in [-0.39, 0.29) is 17.6 Å². The molecular formula is C20H18ClNO3. The topological polar surface area (TPSA) is 58.6 Å². The van der Waals surface area contributed by atoms with E-state index >= 15 is 0 Å². The monoisotopic (exact) mass is 355 g/mol. The average molecular weight is 356 g/mol. The molecule has 0 saturated carbocycles. The van der Waals surface area contributed by atoms with Crippen molar-refractivity contribution in [3.8, 4) is 11.5 Å². The number of amides is 1. The van der Waals surface area contributed by atoms with Crippen LogP contribution in [0, 0.1) is 0 Å². The number of aromatic hydroxyl groups is 1. The summed E-state index contributed by atoms with van der Waals surface area (Å²) in [4.78, 5) is 12.5. The number of hydrogen-bond acceptors (Lipinski definition) is 3. The van der Waals surface area contributed by atoms with Gasteiger partial charge in [-0.1, -0.05) is 35.9 Å². The van der Waals surface area contributed by atoms with Crippen molar-refractivity contribution in [2.75, 3.05) is 12.4 Å². The Hall–Kier alpha value is -2.72. The first-order valence-electron chi connectivity index (χ1n) is 7.85. The Morgan fingerprint density at radius 2 is 1.80 bits per heavy atom. The molecule has 1 amide bonds. The van der Waals surface area contributed by atoms with Crippen LogP contribution in [0.25, 0.3) is 10.8 Å². The minimum Gasteiger partial charge on any atom is -0.506 e. The van der Waals surface area contributed by atoms with Gasteiger partial charge in [0.25, 0.3) is 0 Å². The van der Waals surface area contributed by atoms with Gasteiger partial charge in [-0.15, -0.1) is 0 Å². The van der Waals surface area contributed by atoms with Gasteiger partial charge in [0.2, 0.25) is 5.91 Å². The molecule has 0 spiro atoms. The van der Waals surface area contributed by atoms with Crippen molar-refractivity contribution in [2.45, 2.75) is 12.8 Å². The third kappa shape index (κ3) is 3.69. The summed E-state index contributed by atoms with van der Waals surface area (Å²) in [5, 5.41) is 15.1. The van der Waals surface area contributed by atoms with Gasteiger partial charge in [-0.05, 0) is 53.6 Å². The van der Waals surface area contributed by atoms with Gasteiger partial charge in [0.1, 0.15) is 11.5 Å². The summed E-state index contributed by atoms with van der Waals surface area (Å²) in [6.45, 7) is 1.82. The first-order valence-corrected chi connectivity index (χ1v) is 8.23. The second kappa shape index (κ2) is 7.03. The highest BCUT2D eigenvalue weighted by Gasteiger charge is 2.17. The number of rotatable bonds is 4. The number of halogens is 1. The quantitative estimate of drug-likeness (QED) is 0.651. The normalized spacial score (nSPS) is 12.0. The fraction of sp³-hybridized carbons (Fsp3) is 0.150. The Bertz CT molecular complexity index is 939. The van der Waals surface area contributed by atoms with Crippen LogP contribution in [-0.4, -0.2) is 18.1 Å². The van der Waals surface area contributed by atoms with Crippen molar-refractivity contribution in [2.24, 2.45) is 0 Å². The van der Waals surface area contributed by atoms with Gasteiger partial charge in [0.05, 0.1) is 18.7 Å². The average Bonchev–Trinajstić information content (AvgIpc) is 2.63. The minimum atomic E-state index is -0.384. The van der Waals surface area contributed by atoms with Crippen molar-refractivity contribution in [1.29, 1.82) is 0 Å². The molecule has 3 rings (SSSR count). The second-order valence-corrected chi connectivity index (χ2v) is 6.28. The van der Waals surface area contributed by atoms with Crippen LogP contribution in [0.15, 0.2) is 54.6 Å². The van der Waals surface area contributed by atoms with E-state index in [1.807, 2.05) is 43.3 Å². The Labute approximate surface area is 151 Å². The van der Waals surface area contributed by atoms with E-state index in [1.165, 1.54) is 12.1 Å². The van der Waals surface area contributed by atoms with E-state index in [0.717, 1.165) is 22.1 Å². The maximum Gasteiger partial charge on any atom is 0.231 e. The summed E-state index contributed by atoms with van der Waals surface area (Å²) in [5.74, 6) is 0.174. The van der Waals surface area contributed by atoms with Crippen molar-refractivity contribution < 1.29 is 14.6 Å². The number of benzene rings is 3. The standard InChI is InChI=1S/C20H18ClNO3/c1-12(20(24)22-18-11-16(21)6-8-19(18)23)13-3-4-15-10-17(25-2)7-5-14(15)9-13/h3-12,23H,1-2H3,(H,22,24)/t12-/m0/s1. The Kier molecular flexibility index (Phi) is 4.81. The van der Waals surface area contributed by atoms with Crippen LogP contribution in [0.4, 0.5) is 5.69 Å². The molecule has 0 aliphatic rings. The largest absolute Gasteiger partial charge is 0.506 e. The van der Waals surface area contributed by atoms with Crippen molar-refractivity contribution >= 4 is 34.0 Å². The molecule has 0 radical (unpaired) electrons. The lowest BCUT2D eigenvalue weighted by Gasteiger charge is -2.14. The molecular weight excluding hydrogens is 338 g/mol. The Balaban J connectivity index is 1.84. The number of ether oxygens (including phenoxy) is 1. The van der Waals surface area contributed by atoms with Crippen LogP contribution in [0.2, 0.25) is 5.02 Å². The smallest absolute Gasteiger partial charge is 0.231 e.